The van der Waals surface area contributed by atoms with Crippen LogP contribution < -0.4 is 5.84 Å². The maximum atomic E-state index is 14.5. The van der Waals surface area contributed by atoms with Crippen LogP contribution in [-0.4, -0.2) is 115 Å². The predicted octanol–water partition coefficient (Wildman–Crippen LogP) is 4.32. The van der Waals surface area contributed by atoms with Gasteiger partial charge in [-0.1, -0.05) is 45.9 Å². The van der Waals surface area contributed by atoms with Crippen molar-refractivity contribution >= 4 is 29.6 Å². The number of cyclic esters (lactones) is 1. The largest absolute Gasteiger partial charge is 0.458 e. The highest BCUT2D eigenvalue weighted by atomic mass is 16.7. The molecule has 0 spiro atoms. The van der Waals surface area contributed by atoms with E-state index >= 15 is 0 Å². The van der Waals surface area contributed by atoms with E-state index in [4.69, 9.17) is 34.3 Å². The van der Waals surface area contributed by atoms with Crippen molar-refractivity contribution in [2.45, 2.75) is 135 Å². The highest BCUT2D eigenvalue weighted by Crippen LogP contribution is 2.43. The van der Waals surface area contributed by atoms with Crippen molar-refractivity contribution in [3.63, 3.8) is 0 Å². The molecule has 3 fully saturated rings. The summed E-state index contributed by atoms with van der Waals surface area (Å²) in [4.78, 5) is 71.1. The fraction of sp³-hybridized carbons (Fsp3) is 0.718. The molecule has 53 heavy (non-hydrogen) atoms. The normalized spacial score (nSPS) is 38.9. The van der Waals surface area contributed by atoms with Crippen LogP contribution in [0.2, 0.25) is 0 Å². The van der Waals surface area contributed by atoms with E-state index in [1.54, 1.807) is 65.0 Å². The zero-order valence-corrected chi connectivity index (χ0v) is 33.0. The maximum absolute atomic E-state index is 14.5. The lowest BCUT2D eigenvalue weighted by molar-refractivity contribution is -0.294. The van der Waals surface area contributed by atoms with Crippen molar-refractivity contribution in [2.24, 2.45) is 29.5 Å². The van der Waals surface area contributed by atoms with Crippen LogP contribution in [0.5, 0.6) is 0 Å². The van der Waals surface area contributed by atoms with E-state index in [2.05, 4.69) is 0 Å². The minimum Gasteiger partial charge on any atom is -0.458 e. The number of hydrogen-bond acceptors (Lipinski definition) is 13. The molecular weight excluding hydrogens is 686 g/mol. The van der Waals surface area contributed by atoms with Gasteiger partial charge in [0.2, 0.25) is 0 Å². The van der Waals surface area contributed by atoms with Gasteiger partial charge < -0.3 is 33.3 Å². The summed E-state index contributed by atoms with van der Waals surface area (Å²) in [5.41, 5.74) is -2.46. The number of fused-ring (bicyclic) bond motifs is 1. The van der Waals surface area contributed by atoms with Crippen molar-refractivity contribution in [1.82, 2.24) is 9.91 Å². The van der Waals surface area contributed by atoms with Crippen LogP contribution in [-0.2, 0) is 42.8 Å². The first-order chi connectivity index (χ1) is 24.8. The van der Waals surface area contributed by atoms with Crippen LogP contribution >= 0.6 is 0 Å². The molecule has 3 aliphatic heterocycles. The molecule has 2 N–H and O–H groups in total. The van der Waals surface area contributed by atoms with Crippen LogP contribution in [0.3, 0.4) is 0 Å². The summed E-state index contributed by atoms with van der Waals surface area (Å²) >= 11 is 0. The van der Waals surface area contributed by atoms with Crippen LogP contribution in [0.4, 0.5) is 4.79 Å². The Morgan fingerprint density at radius 2 is 1.64 bits per heavy atom. The highest BCUT2D eigenvalue weighted by molar-refractivity contribution is 6.00. The van der Waals surface area contributed by atoms with Crippen molar-refractivity contribution in [3.05, 3.63) is 35.9 Å². The predicted molar refractivity (Wildman–Crippen MR) is 193 cm³/mol. The molecule has 296 valence electrons. The number of esters is 2. The first kappa shape index (κ1) is 42.3. The molecule has 14 heteroatoms. The third-order valence-electron chi connectivity index (χ3n) is 11.6. The van der Waals surface area contributed by atoms with Gasteiger partial charge in [0, 0.05) is 24.9 Å². The van der Waals surface area contributed by atoms with Crippen molar-refractivity contribution in [1.29, 1.82) is 0 Å². The smallest absolute Gasteiger partial charge is 0.425 e. The summed E-state index contributed by atoms with van der Waals surface area (Å²) in [6.07, 6.45) is -4.27. The molecule has 1 amide bonds. The van der Waals surface area contributed by atoms with E-state index in [1.807, 2.05) is 32.8 Å². The average molecular weight is 746 g/mol. The molecule has 1 aromatic rings. The van der Waals surface area contributed by atoms with Crippen molar-refractivity contribution in [3.8, 4) is 0 Å². The third kappa shape index (κ3) is 8.46. The monoisotopic (exact) mass is 745 g/mol. The van der Waals surface area contributed by atoms with Gasteiger partial charge in [-0.15, -0.1) is 0 Å². The number of methoxy groups -OCH3 is 1. The highest BCUT2D eigenvalue weighted by Gasteiger charge is 2.61. The van der Waals surface area contributed by atoms with E-state index in [1.165, 1.54) is 14.0 Å². The summed E-state index contributed by atoms with van der Waals surface area (Å²) in [7, 11) is 5.22. The van der Waals surface area contributed by atoms with Crippen molar-refractivity contribution in [2.75, 3.05) is 21.2 Å². The second-order valence-corrected chi connectivity index (χ2v) is 15.6. The van der Waals surface area contributed by atoms with Gasteiger partial charge in [0.05, 0.1) is 29.4 Å². The SMILES string of the molecule is CCC1C(=O)[C@H](C)C[C@](C)(OC)[C@H](OC2O[C@H](C)C[C@H](N(C)C)[C@H]2OC(=O)c2ccccc2)[C@@H](C)C(=O)[C@@H](C)C(=O)O[C@H](CC)[C@@]2(C)OC(=O)N(N)[C@H]12. The number of likely N-dealkylation sites (N-methyl/N-ethyl adjacent to an activating group) is 1. The second kappa shape index (κ2) is 16.9. The number of hydrazine groups is 1. The lowest BCUT2D eigenvalue weighted by Crippen LogP contribution is -2.61. The number of benzene rings is 1. The molecule has 1 aromatic carbocycles. The zero-order valence-electron chi connectivity index (χ0n) is 33.0. The summed E-state index contributed by atoms with van der Waals surface area (Å²) in [5, 5.41) is 0.916. The molecule has 4 rings (SSSR count). The number of amides is 1. The topological polar surface area (TPSA) is 173 Å². The molecule has 3 saturated heterocycles. The molecule has 3 heterocycles. The van der Waals surface area contributed by atoms with Gasteiger partial charge in [-0.3, -0.25) is 14.4 Å². The number of nitrogens with two attached hydrogens (primary N) is 1. The zero-order chi connectivity index (χ0) is 39.6. The molecule has 3 aliphatic rings. The van der Waals surface area contributed by atoms with E-state index in [0.717, 1.165) is 5.01 Å². The Balaban J connectivity index is 1.81. The van der Waals surface area contributed by atoms with Gasteiger partial charge >= 0.3 is 18.0 Å². The standard InChI is InChI=1S/C39H59N3O11/c1-12-26-29(43)21(3)20-38(7,48-11)33(23(5)30(44)24(6)34(45)50-28(13-2)39(8)32(26)42(40)37(47)53-39)52-36-31(27(41(9)10)19-22(4)49-36)51-35(46)25-17-15-14-16-18-25/h14-18,21-24,26-28,31-33,36H,12-13,19-20,40H2,1-11H3/t21-,22-,23+,24-,26?,27+,28-,31-,32-,33-,36?,38+,39-/m1/s1. The quantitative estimate of drug-likeness (QED) is 0.131. The van der Waals surface area contributed by atoms with E-state index in [9.17, 15) is 24.0 Å². The minimum atomic E-state index is -1.48. The van der Waals surface area contributed by atoms with Gasteiger partial charge in [0.15, 0.2) is 23.8 Å². The third-order valence-corrected chi connectivity index (χ3v) is 11.6. The molecule has 13 atom stereocenters. The Hall–Kier alpha value is -3.43. The number of nitrogens with zero attached hydrogens (tertiary/aromatic N) is 2. The van der Waals surface area contributed by atoms with E-state index in [0.29, 0.717) is 18.4 Å². The fourth-order valence-electron chi connectivity index (χ4n) is 8.48. The molecule has 0 aromatic heterocycles. The van der Waals surface area contributed by atoms with Crippen LogP contribution in [0, 0.1) is 23.7 Å². The van der Waals surface area contributed by atoms with E-state index < -0.39 is 89.3 Å². The molecule has 0 saturated carbocycles. The summed E-state index contributed by atoms with van der Waals surface area (Å²) in [6, 6.07) is 7.29. The lowest BCUT2D eigenvalue weighted by atomic mass is 9.72. The van der Waals surface area contributed by atoms with Gasteiger partial charge in [-0.25, -0.2) is 20.4 Å². The maximum Gasteiger partial charge on any atom is 0.425 e. The van der Waals surface area contributed by atoms with Gasteiger partial charge in [0.25, 0.3) is 0 Å². The Bertz CT molecular complexity index is 1490. The number of rotatable bonds is 8. The molecule has 0 aliphatic carbocycles. The number of carbonyl (C=O) groups excluding carboxylic acids is 5. The van der Waals surface area contributed by atoms with Crippen LogP contribution in [0.25, 0.3) is 0 Å². The Labute approximate surface area is 313 Å². The summed E-state index contributed by atoms with van der Waals surface area (Å²) in [5.74, 6) is 0.414. The lowest BCUT2D eigenvalue weighted by Gasteiger charge is -2.47. The van der Waals surface area contributed by atoms with Crippen molar-refractivity contribution < 1.29 is 52.4 Å². The number of ether oxygens (including phenoxy) is 6. The Morgan fingerprint density at radius 3 is 2.21 bits per heavy atom. The first-order valence-electron chi connectivity index (χ1n) is 18.7. The average Bonchev–Trinajstić information content (AvgIpc) is 3.36. The Kier molecular flexibility index (Phi) is 13.5. The number of hydrogen-bond donors (Lipinski definition) is 1. The molecule has 14 nitrogen and oxygen atoms in total. The number of Topliss-reactive ketones (excluding diaryl/α,β-unsaturated/α-hetero) is 2. The second-order valence-electron chi connectivity index (χ2n) is 15.6. The van der Waals surface area contributed by atoms with Crippen LogP contribution in [0.15, 0.2) is 30.3 Å². The summed E-state index contributed by atoms with van der Waals surface area (Å²) < 4.78 is 37.3. The van der Waals surface area contributed by atoms with Crippen LogP contribution in [0.1, 0.15) is 91.4 Å². The first-order valence-corrected chi connectivity index (χ1v) is 18.7. The molecule has 0 bridgehead atoms. The molecule has 0 radical (unpaired) electrons. The minimum absolute atomic E-state index is 0.0772. The summed E-state index contributed by atoms with van der Waals surface area (Å²) in [6.45, 7) is 13.7. The van der Waals surface area contributed by atoms with Gasteiger partial charge in [-0.2, -0.15) is 0 Å². The molecule has 2 unspecified atom stereocenters. The van der Waals surface area contributed by atoms with Gasteiger partial charge in [-0.05, 0) is 79.6 Å². The number of carbonyl (C=O) groups is 5. The molecular formula is C39H59N3O11. The van der Waals surface area contributed by atoms with E-state index in [-0.39, 0.29) is 30.8 Å². The van der Waals surface area contributed by atoms with Gasteiger partial charge in [0.1, 0.15) is 23.8 Å². The fourth-order valence-corrected chi connectivity index (χ4v) is 8.48. The Morgan fingerprint density at radius 1 is 1.00 bits per heavy atom. The number of ketones is 2.